The molecule has 0 radical (unpaired) electrons. The second-order valence-electron chi connectivity index (χ2n) is 3.51. The Kier molecular flexibility index (Phi) is 8.43. The first-order chi connectivity index (χ1) is 8.43. The molecule has 0 bridgehead atoms. The molecule has 0 N–H and O–H groups in total. The lowest BCUT2D eigenvalue weighted by Gasteiger charge is -2.04. The Morgan fingerprint density at radius 3 is 1.44 bits per heavy atom. The molecule has 6 heteroatoms. The van der Waals surface area contributed by atoms with Crippen molar-refractivity contribution in [3.05, 3.63) is 24.8 Å². The van der Waals surface area contributed by atoms with Crippen LogP contribution < -0.4 is 0 Å². The molecule has 4 nitrogen and oxygen atoms in total. The summed E-state index contributed by atoms with van der Waals surface area (Å²) >= 11 is 0. The molecule has 0 aliphatic rings. The normalized spacial score (nSPS) is 9.67. The van der Waals surface area contributed by atoms with Gasteiger partial charge in [0.25, 0.3) is 0 Å². The predicted octanol–water partition coefficient (Wildman–Crippen LogP) is 2.60. The van der Waals surface area contributed by atoms with Gasteiger partial charge in [-0.25, -0.2) is 18.4 Å². The van der Waals surface area contributed by atoms with Crippen molar-refractivity contribution in [2.24, 2.45) is 0 Å². The fourth-order valence-electron chi connectivity index (χ4n) is 0.976. The topological polar surface area (TPSA) is 52.6 Å². The quantitative estimate of drug-likeness (QED) is 0.383. The molecule has 0 saturated carbocycles. The van der Waals surface area contributed by atoms with E-state index in [0.29, 0.717) is 0 Å². The van der Waals surface area contributed by atoms with Crippen molar-refractivity contribution < 1.29 is 27.8 Å². The van der Waals surface area contributed by atoms with Gasteiger partial charge in [0.05, 0.1) is 24.9 Å². The highest BCUT2D eigenvalue weighted by atomic mass is 19.1. The van der Waals surface area contributed by atoms with Crippen LogP contribution in [0, 0.1) is 0 Å². The SMILES string of the molecule is C=C(F)CCCOC(=O)C(=O)OCCCC(=C)F. The van der Waals surface area contributed by atoms with Gasteiger partial charge in [0.1, 0.15) is 0 Å². The number of rotatable bonds is 8. The largest absolute Gasteiger partial charge is 0.457 e. The van der Waals surface area contributed by atoms with Gasteiger partial charge in [-0.1, -0.05) is 13.2 Å². The van der Waals surface area contributed by atoms with Crippen LogP contribution in [0.5, 0.6) is 0 Å². The minimum Gasteiger partial charge on any atom is -0.457 e. The summed E-state index contributed by atoms with van der Waals surface area (Å²) in [5.41, 5.74) is 0. The van der Waals surface area contributed by atoms with Crippen molar-refractivity contribution >= 4 is 11.9 Å². The van der Waals surface area contributed by atoms with E-state index in [0.717, 1.165) is 0 Å². The van der Waals surface area contributed by atoms with Crippen molar-refractivity contribution in [2.45, 2.75) is 25.7 Å². The summed E-state index contributed by atoms with van der Waals surface area (Å²) in [5.74, 6) is -3.31. The lowest BCUT2D eigenvalue weighted by atomic mass is 10.3. The van der Waals surface area contributed by atoms with Gasteiger partial charge in [-0.05, 0) is 12.8 Å². The molecule has 0 spiro atoms. The summed E-state index contributed by atoms with van der Waals surface area (Å²) in [4.78, 5) is 22.0. The van der Waals surface area contributed by atoms with E-state index in [2.05, 4.69) is 22.6 Å². The number of ether oxygens (including phenoxy) is 2. The van der Waals surface area contributed by atoms with Crippen LogP contribution in [0.15, 0.2) is 24.8 Å². The highest BCUT2D eigenvalue weighted by molar-refractivity contribution is 6.29. The number of halogens is 2. The third kappa shape index (κ3) is 9.50. The van der Waals surface area contributed by atoms with Gasteiger partial charge < -0.3 is 9.47 Å². The minimum absolute atomic E-state index is 0.0704. The zero-order valence-corrected chi connectivity index (χ0v) is 10.0. The molecule has 0 aliphatic carbocycles. The number of hydrogen-bond acceptors (Lipinski definition) is 4. The molecule has 0 aromatic heterocycles. The fraction of sp³-hybridized carbons (Fsp3) is 0.500. The van der Waals surface area contributed by atoms with Gasteiger partial charge in [0, 0.05) is 12.8 Å². The average Bonchev–Trinajstić information content (AvgIpc) is 2.29. The molecule has 0 aliphatic heterocycles. The highest BCUT2D eigenvalue weighted by Gasteiger charge is 2.16. The molecule has 0 heterocycles. The molecule has 0 unspecified atom stereocenters. The molecule has 0 atom stereocenters. The third-order valence-corrected chi connectivity index (χ3v) is 1.82. The monoisotopic (exact) mass is 262 g/mol. The maximum absolute atomic E-state index is 12.2. The average molecular weight is 262 g/mol. The Labute approximate surface area is 104 Å². The molecule has 0 fully saturated rings. The van der Waals surface area contributed by atoms with Crippen molar-refractivity contribution in [1.29, 1.82) is 0 Å². The first-order valence-corrected chi connectivity index (χ1v) is 5.44. The summed E-state index contributed by atoms with van der Waals surface area (Å²) in [5, 5.41) is 0. The molecular formula is C12H16F2O4. The first-order valence-electron chi connectivity index (χ1n) is 5.44. The van der Waals surface area contributed by atoms with Crippen LogP contribution in [0.3, 0.4) is 0 Å². The van der Waals surface area contributed by atoms with Crippen LogP contribution in [0.1, 0.15) is 25.7 Å². The van der Waals surface area contributed by atoms with E-state index < -0.39 is 23.6 Å². The van der Waals surface area contributed by atoms with Gasteiger partial charge >= 0.3 is 11.9 Å². The number of esters is 2. The number of hydrogen-bond donors (Lipinski definition) is 0. The molecule has 0 aromatic carbocycles. The van der Waals surface area contributed by atoms with Crippen LogP contribution >= 0.6 is 0 Å². The van der Waals surface area contributed by atoms with E-state index in [4.69, 9.17) is 0 Å². The lowest BCUT2D eigenvalue weighted by Crippen LogP contribution is -2.21. The molecule has 0 amide bonds. The van der Waals surface area contributed by atoms with Gasteiger partial charge in [-0.15, -0.1) is 0 Å². The Morgan fingerprint density at radius 2 is 1.17 bits per heavy atom. The fourth-order valence-corrected chi connectivity index (χ4v) is 0.976. The van der Waals surface area contributed by atoms with Crippen LogP contribution in [-0.4, -0.2) is 25.2 Å². The highest BCUT2D eigenvalue weighted by Crippen LogP contribution is 2.04. The summed E-state index contributed by atoms with van der Waals surface area (Å²) in [6.07, 6.45) is 0.633. The Balaban J connectivity index is 3.60. The summed E-state index contributed by atoms with van der Waals surface area (Å²) in [6, 6.07) is 0. The maximum atomic E-state index is 12.2. The standard InChI is InChI=1S/C12H16F2O4/c1-9(13)5-3-7-17-11(15)12(16)18-8-4-6-10(2)14/h1-8H2. The lowest BCUT2D eigenvalue weighted by molar-refractivity contribution is -0.167. The van der Waals surface area contributed by atoms with E-state index in [9.17, 15) is 18.4 Å². The smallest absolute Gasteiger partial charge is 0.417 e. The molecule has 0 saturated heterocycles. The maximum Gasteiger partial charge on any atom is 0.417 e. The zero-order valence-electron chi connectivity index (χ0n) is 10.0. The molecule has 18 heavy (non-hydrogen) atoms. The second-order valence-corrected chi connectivity index (χ2v) is 3.51. The van der Waals surface area contributed by atoms with Crippen molar-refractivity contribution in [1.82, 2.24) is 0 Å². The first kappa shape index (κ1) is 16.3. The van der Waals surface area contributed by atoms with Crippen molar-refractivity contribution in [3.8, 4) is 0 Å². The summed E-state index contributed by atoms with van der Waals surface area (Å²) < 4.78 is 33.4. The van der Waals surface area contributed by atoms with E-state index in [1.54, 1.807) is 0 Å². The van der Waals surface area contributed by atoms with Crippen LogP contribution in [0.25, 0.3) is 0 Å². The Morgan fingerprint density at radius 1 is 0.833 bits per heavy atom. The predicted molar refractivity (Wildman–Crippen MR) is 60.9 cm³/mol. The minimum atomic E-state index is -1.14. The second kappa shape index (κ2) is 9.32. The summed E-state index contributed by atoms with van der Waals surface area (Å²) in [6.45, 7) is 5.90. The molecule has 102 valence electrons. The number of carbonyl (C=O) groups is 2. The third-order valence-electron chi connectivity index (χ3n) is 1.82. The zero-order chi connectivity index (χ0) is 14.0. The Bertz CT molecular complexity index is 294. The number of allylic oxidation sites excluding steroid dienone is 2. The van der Waals surface area contributed by atoms with Crippen LogP contribution in [-0.2, 0) is 19.1 Å². The van der Waals surface area contributed by atoms with E-state index in [1.165, 1.54) is 0 Å². The summed E-state index contributed by atoms with van der Waals surface area (Å²) in [7, 11) is 0. The molecular weight excluding hydrogens is 246 g/mol. The molecule has 0 aromatic rings. The van der Waals surface area contributed by atoms with Gasteiger partial charge in [-0.3, -0.25) is 0 Å². The Hall–Kier alpha value is -1.72. The van der Waals surface area contributed by atoms with Crippen LogP contribution in [0.4, 0.5) is 8.78 Å². The van der Waals surface area contributed by atoms with Gasteiger partial charge in [-0.2, -0.15) is 0 Å². The van der Waals surface area contributed by atoms with Gasteiger partial charge in [0.15, 0.2) is 0 Å². The van der Waals surface area contributed by atoms with E-state index in [-0.39, 0.29) is 38.9 Å². The van der Waals surface area contributed by atoms with E-state index >= 15 is 0 Å². The molecule has 0 rings (SSSR count). The van der Waals surface area contributed by atoms with Crippen molar-refractivity contribution in [3.63, 3.8) is 0 Å². The van der Waals surface area contributed by atoms with Gasteiger partial charge in [0.2, 0.25) is 0 Å². The van der Waals surface area contributed by atoms with E-state index in [1.807, 2.05) is 0 Å². The van der Waals surface area contributed by atoms with Crippen LogP contribution in [0.2, 0.25) is 0 Å². The van der Waals surface area contributed by atoms with Crippen molar-refractivity contribution in [2.75, 3.05) is 13.2 Å². The number of carbonyl (C=O) groups excluding carboxylic acids is 2.